The molecule has 0 aliphatic carbocycles. The fraction of sp³-hybridized carbons (Fsp3) is 0.488. The van der Waals surface area contributed by atoms with Crippen LogP contribution in [0.3, 0.4) is 0 Å². The highest BCUT2D eigenvalue weighted by molar-refractivity contribution is 5.88. The van der Waals surface area contributed by atoms with Crippen molar-refractivity contribution >= 4 is 23.9 Å². The second-order valence-corrected chi connectivity index (χ2v) is 15.2. The number of nitrogens with one attached hydrogen (secondary N) is 3. The smallest absolute Gasteiger partial charge is 0.405 e. The summed E-state index contributed by atoms with van der Waals surface area (Å²) in [5.74, 6) is -1.02. The van der Waals surface area contributed by atoms with E-state index in [-0.39, 0.29) is 30.7 Å². The van der Waals surface area contributed by atoms with E-state index in [0.29, 0.717) is 32.5 Å². The molecule has 2 aromatic carbocycles. The fourth-order valence-electron chi connectivity index (χ4n) is 6.87. The molecule has 1 aliphatic heterocycles. The number of hydrogen-bond acceptors (Lipinski definition) is 6. The second kappa shape index (κ2) is 18.7. The van der Waals surface area contributed by atoms with Gasteiger partial charge in [-0.15, -0.1) is 0 Å². The SMILES string of the molecule is CCC(C)[C@@H](C(=O)N[C@@H](Cc1ccccc1)C[C@@H](O)[C@H](Cc1ccccc1)NC(=O)[C@@H](NC(=O)O)C(C)(C)C)N1CCN(Cc2cccc(C)n2)C1=O. The Morgan fingerprint density at radius 2 is 1.47 bits per heavy atom. The molecule has 5 N–H and O–H groups in total. The number of nitrogens with zero attached hydrogens (tertiary/aromatic N) is 3. The van der Waals surface area contributed by atoms with E-state index in [2.05, 4.69) is 20.9 Å². The summed E-state index contributed by atoms with van der Waals surface area (Å²) in [7, 11) is 0. The summed E-state index contributed by atoms with van der Waals surface area (Å²) in [6.07, 6.45) is -1.05. The van der Waals surface area contributed by atoms with Crippen molar-refractivity contribution in [3.05, 3.63) is 101 Å². The van der Waals surface area contributed by atoms with E-state index in [4.69, 9.17) is 0 Å². The molecule has 5 amide bonds. The average Bonchev–Trinajstić information content (AvgIpc) is 3.45. The lowest BCUT2D eigenvalue weighted by molar-refractivity contribution is -0.129. The molecule has 0 spiro atoms. The molecule has 1 fully saturated rings. The lowest BCUT2D eigenvalue weighted by Gasteiger charge is -2.35. The Hall–Kier alpha value is -4.97. The summed E-state index contributed by atoms with van der Waals surface area (Å²) >= 11 is 0. The molecule has 0 bridgehead atoms. The quantitative estimate of drug-likeness (QED) is 0.132. The first-order valence-corrected chi connectivity index (χ1v) is 18.5. The Labute approximate surface area is 313 Å². The molecule has 1 aliphatic rings. The summed E-state index contributed by atoms with van der Waals surface area (Å²) in [4.78, 5) is 61.4. The van der Waals surface area contributed by atoms with E-state index in [1.165, 1.54) is 0 Å². The number of benzene rings is 2. The topological polar surface area (TPSA) is 164 Å². The molecule has 3 aromatic rings. The zero-order valence-corrected chi connectivity index (χ0v) is 31.8. The first-order valence-electron chi connectivity index (χ1n) is 18.5. The summed E-state index contributed by atoms with van der Waals surface area (Å²) in [5, 5.41) is 29.9. The highest BCUT2D eigenvalue weighted by Gasteiger charge is 2.41. The molecule has 0 radical (unpaired) electrons. The number of carboxylic acid groups (broad SMARTS) is 1. The summed E-state index contributed by atoms with van der Waals surface area (Å²) in [6.45, 7) is 12.4. The van der Waals surface area contributed by atoms with Gasteiger partial charge in [0, 0.05) is 24.8 Å². The highest BCUT2D eigenvalue weighted by atomic mass is 16.4. The third-order valence-corrected chi connectivity index (χ3v) is 9.90. The number of aromatic nitrogens is 1. The van der Waals surface area contributed by atoms with Crippen LogP contribution < -0.4 is 16.0 Å². The number of rotatable bonds is 17. The van der Waals surface area contributed by atoms with Gasteiger partial charge in [-0.2, -0.15) is 0 Å². The Balaban J connectivity index is 1.59. The number of carbonyl (C=O) groups is 4. The van der Waals surface area contributed by atoms with Gasteiger partial charge in [-0.3, -0.25) is 14.6 Å². The van der Waals surface area contributed by atoms with Crippen LogP contribution in [0, 0.1) is 18.3 Å². The molecule has 53 heavy (non-hydrogen) atoms. The Morgan fingerprint density at radius 1 is 0.849 bits per heavy atom. The predicted molar refractivity (Wildman–Crippen MR) is 204 cm³/mol. The van der Waals surface area contributed by atoms with E-state index in [9.17, 15) is 29.4 Å². The van der Waals surface area contributed by atoms with Gasteiger partial charge < -0.3 is 36.0 Å². The molecule has 12 heteroatoms. The largest absolute Gasteiger partial charge is 0.465 e. The lowest BCUT2D eigenvalue weighted by atomic mass is 9.85. The van der Waals surface area contributed by atoms with Crippen LogP contribution in [0.15, 0.2) is 78.9 Å². The highest BCUT2D eigenvalue weighted by Crippen LogP contribution is 2.24. The summed E-state index contributed by atoms with van der Waals surface area (Å²) < 4.78 is 0. The van der Waals surface area contributed by atoms with E-state index in [1.807, 2.05) is 99.6 Å². The maximum Gasteiger partial charge on any atom is 0.405 e. The molecule has 286 valence electrons. The number of pyridine rings is 1. The minimum atomic E-state index is -1.33. The molecule has 2 heterocycles. The summed E-state index contributed by atoms with van der Waals surface area (Å²) in [5.41, 5.74) is 2.71. The molecule has 1 unspecified atom stereocenters. The third-order valence-electron chi connectivity index (χ3n) is 9.90. The maximum absolute atomic E-state index is 14.4. The van der Waals surface area contributed by atoms with Gasteiger partial charge in [0.2, 0.25) is 11.8 Å². The average molecular weight is 729 g/mol. The molecule has 4 rings (SSSR count). The number of aliphatic hydroxyl groups is 1. The van der Waals surface area contributed by atoms with E-state index in [0.717, 1.165) is 22.5 Å². The predicted octanol–water partition coefficient (Wildman–Crippen LogP) is 4.93. The van der Waals surface area contributed by atoms with Gasteiger partial charge in [0.1, 0.15) is 12.1 Å². The number of amides is 5. The third kappa shape index (κ3) is 11.8. The van der Waals surface area contributed by atoms with Crippen molar-refractivity contribution in [2.24, 2.45) is 11.3 Å². The van der Waals surface area contributed by atoms with Crippen LogP contribution in [0.4, 0.5) is 9.59 Å². The number of urea groups is 1. The molecular weight excluding hydrogens is 672 g/mol. The molecule has 6 atom stereocenters. The van der Waals surface area contributed by atoms with Gasteiger partial charge in [-0.25, -0.2) is 9.59 Å². The van der Waals surface area contributed by atoms with E-state index >= 15 is 0 Å². The van der Waals surface area contributed by atoms with Gasteiger partial charge >= 0.3 is 12.1 Å². The van der Waals surface area contributed by atoms with Gasteiger partial charge in [0.15, 0.2) is 0 Å². The minimum absolute atomic E-state index is 0.0806. The molecule has 1 saturated heterocycles. The molecule has 0 saturated carbocycles. The molecular formula is C41H56N6O6. The first kappa shape index (κ1) is 40.8. The van der Waals surface area contributed by atoms with Crippen LogP contribution in [0.1, 0.15) is 70.0 Å². The van der Waals surface area contributed by atoms with Crippen LogP contribution in [-0.2, 0) is 29.0 Å². The van der Waals surface area contributed by atoms with E-state index < -0.39 is 47.7 Å². The number of aliphatic hydroxyl groups excluding tert-OH is 1. The zero-order chi connectivity index (χ0) is 38.7. The Kier molecular flexibility index (Phi) is 14.4. The Bertz CT molecular complexity index is 1670. The van der Waals surface area contributed by atoms with Crippen molar-refractivity contribution in [2.75, 3.05) is 13.1 Å². The van der Waals surface area contributed by atoms with Crippen molar-refractivity contribution in [1.29, 1.82) is 0 Å². The van der Waals surface area contributed by atoms with Gasteiger partial charge in [-0.05, 0) is 60.8 Å². The van der Waals surface area contributed by atoms with Crippen molar-refractivity contribution in [3.8, 4) is 0 Å². The van der Waals surface area contributed by atoms with Gasteiger partial charge in [-0.1, -0.05) is 108 Å². The first-order chi connectivity index (χ1) is 25.2. The van der Waals surface area contributed by atoms with Crippen LogP contribution in [0.25, 0.3) is 0 Å². The van der Waals surface area contributed by atoms with Crippen LogP contribution >= 0.6 is 0 Å². The van der Waals surface area contributed by atoms with Gasteiger partial charge in [0.05, 0.1) is 24.4 Å². The standard InChI is InChI=1S/C41H56N6O6/c1-7-27(2)35(47-22-21-46(40(47)53)26-31-20-14-15-28(3)42-31)37(49)43-32(23-29-16-10-8-11-17-29)25-34(48)33(24-30-18-12-9-13-19-30)44-38(50)36(41(4,5)6)45-39(51)52/h8-20,27,32-36,45,48H,7,21-26H2,1-6H3,(H,43,49)(H,44,50)(H,51,52)/t27?,32-,33-,34+,35-,36+/m0/s1. The maximum atomic E-state index is 14.4. The number of carbonyl (C=O) groups excluding carboxylic acids is 3. The second-order valence-electron chi connectivity index (χ2n) is 15.2. The van der Waals surface area contributed by atoms with Crippen molar-refractivity contribution in [2.45, 2.75) is 104 Å². The van der Waals surface area contributed by atoms with Crippen molar-refractivity contribution in [3.63, 3.8) is 0 Å². The van der Waals surface area contributed by atoms with Crippen molar-refractivity contribution in [1.82, 2.24) is 30.7 Å². The zero-order valence-electron chi connectivity index (χ0n) is 31.8. The van der Waals surface area contributed by atoms with E-state index in [1.54, 1.807) is 30.6 Å². The van der Waals surface area contributed by atoms with Gasteiger partial charge in [0.25, 0.3) is 0 Å². The van der Waals surface area contributed by atoms with Crippen molar-refractivity contribution < 1.29 is 29.4 Å². The Morgan fingerprint density at radius 3 is 2.04 bits per heavy atom. The van der Waals surface area contributed by atoms with Crippen LogP contribution in [-0.4, -0.2) is 92.3 Å². The van der Waals surface area contributed by atoms with Crippen LogP contribution in [0.2, 0.25) is 0 Å². The lowest BCUT2D eigenvalue weighted by Crippen LogP contribution is -2.58. The normalized spacial score (nSPS) is 16.6. The molecule has 12 nitrogen and oxygen atoms in total. The minimum Gasteiger partial charge on any atom is -0.465 e. The van der Waals surface area contributed by atoms with Crippen LogP contribution in [0.5, 0.6) is 0 Å². The fourth-order valence-corrected chi connectivity index (χ4v) is 6.87. The monoisotopic (exact) mass is 728 g/mol. The number of hydrogen-bond donors (Lipinski definition) is 5. The summed E-state index contributed by atoms with van der Waals surface area (Å²) in [6, 6.07) is 21.3. The molecule has 1 aromatic heterocycles. The number of aryl methyl sites for hydroxylation is 1.